The molecule has 1 aliphatic carbocycles. The molecule has 0 aromatic carbocycles. The number of hydrogen-bond donors (Lipinski definition) is 1. The van der Waals surface area contributed by atoms with Gasteiger partial charge in [-0.05, 0) is 30.9 Å². The molecule has 2 aromatic heterocycles. The average molecular weight is 317 g/mol. The minimum Gasteiger partial charge on any atom is -0.310 e. The molecule has 1 saturated carbocycles. The van der Waals surface area contributed by atoms with Crippen molar-refractivity contribution in [1.82, 2.24) is 19.9 Å². The summed E-state index contributed by atoms with van der Waals surface area (Å²) in [4.78, 5) is 26.3. The summed E-state index contributed by atoms with van der Waals surface area (Å²) in [7, 11) is 0. The number of H-pyrrole nitrogens is 1. The van der Waals surface area contributed by atoms with Gasteiger partial charge in [-0.15, -0.1) is 0 Å². The molecule has 0 amide bonds. The lowest BCUT2D eigenvalue weighted by molar-refractivity contribution is 0.240. The maximum absolute atomic E-state index is 12.2. The molecule has 1 aliphatic heterocycles. The van der Waals surface area contributed by atoms with E-state index >= 15 is 0 Å². The summed E-state index contributed by atoms with van der Waals surface area (Å²) >= 11 is 5.82. The SMILES string of the molecule is O=c1[nH]c(C2CC2)nc2c1CCN(Cc1ccc(Cl)nc1)C2. The highest BCUT2D eigenvalue weighted by molar-refractivity contribution is 6.29. The maximum atomic E-state index is 12.2. The summed E-state index contributed by atoms with van der Waals surface area (Å²) < 4.78 is 0. The average Bonchev–Trinajstić information content (AvgIpc) is 3.34. The fraction of sp³-hybridized carbons (Fsp3) is 0.438. The number of halogens is 1. The fourth-order valence-corrected chi connectivity index (χ4v) is 3.07. The molecule has 0 radical (unpaired) electrons. The van der Waals surface area contributed by atoms with Gasteiger partial charge in [-0.1, -0.05) is 17.7 Å². The topological polar surface area (TPSA) is 61.9 Å². The molecule has 0 unspecified atom stereocenters. The predicted octanol–water partition coefficient (Wildman–Crippen LogP) is 2.25. The maximum Gasteiger partial charge on any atom is 0.254 e. The Hall–Kier alpha value is -1.72. The van der Waals surface area contributed by atoms with E-state index in [0.29, 0.717) is 11.1 Å². The van der Waals surface area contributed by atoms with Crippen LogP contribution in [0.1, 0.15) is 41.4 Å². The second-order valence-electron chi connectivity index (χ2n) is 6.10. The van der Waals surface area contributed by atoms with Crippen LogP contribution < -0.4 is 5.56 Å². The zero-order valence-corrected chi connectivity index (χ0v) is 12.9. The summed E-state index contributed by atoms with van der Waals surface area (Å²) in [6, 6.07) is 3.80. The van der Waals surface area contributed by atoms with Gasteiger partial charge in [0.15, 0.2) is 0 Å². The van der Waals surface area contributed by atoms with Crippen molar-refractivity contribution in [2.75, 3.05) is 6.54 Å². The number of nitrogens with zero attached hydrogens (tertiary/aromatic N) is 3. The van der Waals surface area contributed by atoms with Crippen LogP contribution in [0.4, 0.5) is 0 Å². The highest BCUT2D eigenvalue weighted by Gasteiger charge is 2.29. The van der Waals surface area contributed by atoms with Crippen LogP contribution in [0.15, 0.2) is 23.1 Å². The Bertz CT molecular complexity index is 752. The van der Waals surface area contributed by atoms with Gasteiger partial charge < -0.3 is 4.98 Å². The van der Waals surface area contributed by atoms with Gasteiger partial charge in [-0.3, -0.25) is 9.69 Å². The molecular formula is C16H17ClN4O. The molecule has 0 spiro atoms. The van der Waals surface area contributed by atoms with Crippen molar-refractivity contribution in [3.63, 3.8) is 0 Å². The highest BCUT2D eigenvalue weighted by Crippen LogP contribution is 2.37. The lowest BCUT2D eigenvalue weighted by Gasteiger charge is -2.27. The zero-order chi connectivity index (χ0) is 15.1. The first kappa shape index (κ1) is 13.9. The van der Waals surface area contributed by atoms with E-state index in [1.165, 1.54) is 0 Å². The molecule has 22 heavy (non-hydrogen) atoms. The highest BCUT2D eigenvalue weighted by atomic mass is 35.5. The van der Waals surface area contributed by atoms with E-state index in [0.717, 1.165) is 61.5 Å². The number of hydrogen-bond acceptors (Lipinski definition) is 4. The Balaban J connectivity index is 1.55. The van der Waals surface area contributed by atoms with Crippen molar-refractivity contribution in [1.29, 1.82) is 0 Å². The van der Waals surface area contributed by atoms with Crippen molar-refractivity contribution in [2.24, 2.45) is 0 Å². The van der Waals surface area contributed by atoms with Crippen molar-refractivity contribution in [2.45, 2.75) is 38.3 Å². The van der Waals surface area contributed by atoms with Gasteiger partial charge in [-0.2, -0.15) is 0 Å². The normalized spacial score (nSPS) is 18.2. The van der Waals surface area contributed by atoms with Crippen LogP contribution in [-0.2, 0) is 19.5 Å². The Labute approximate surface area is 133 Å². The van der Waals surface area contributed by atoms with Crippen LogP contribution in [0.3, 0.4) is 0 Å². The molecule has 0 atom stereocenters. The van der Waals surface area contributed by atoms with Crippen LogP contribution in [0.5, 0.6) is 0 Å². The predicted molar refractivity (Wildman–Crippen MR) is 83.9 cm³/mol. The number of rotatable bonds is 3. The van der Waals surface area contributed by atoms with Gasteiger partial charge in [0.2, 0.25) is 0 Å². The molecule has 114 valence electrons. The van der Waals surface area contributed by atoms with Crippen LogP contribution >= 0.6 is 11.6 Å². The van der Waals surface area contributed by atoms with Crippen LogP contribution in [0.2, 0.25) is 5.15 Å². The van der Waals surface area contributed by atoms with Crippen molar-refractivity contribution in [3.8, 4) is 0 Å². The first-order chi connectivity index (χ1) is 10.7. The molecule has 3 heterocycles. The molecule has 5 nitrogen and oxygen atoms in total. The summed E-state index contributed by atoms with van der Waals surface area (Å²) in [6.45, 7) is 2.39. The lowest BCUT2D eigenvalue weighted by Crippen LogP contribution is -2.35. The molecule has 6 heteroatoms. The minimum absolute atomic E-state index is 0.0553. The van der Waals surface area contributed by atoms with Gasteiger partial charge in [-0.25, -0.2) is 9.97 Å². The molecule has 1 N–H and O–H groups in total. The second-order valence-corrected chi connectivity index (χ2v) is 6.49. The Morgan fingerprint density at radius 1 is 1.36 bits per heavy atom. The van der Waals surface area contributed by atoms with Crippen molar-refractivity contribution in [3.05, 3.63) is 56.5 Å². The smallest absolute Gasteiger partial charge is 0.254 e. The Kier molecular flexibility index (Phi) is 3.47. The van der Waals surface area contributed by atoms with E-state index in [2.05, 4.69) is 14.9 Å². The number of fused-ring (bicyclic) bond motifs is 1. The summed E-state index contributed by atoms with van der Waals surface area (Å²) in [5.74, 6) is 1.34. The largest absolute Gasteiger partial charge is 0.310 e. The van der Waals surface area contributed by atoms with Gasteiger partial charge in [0.25, 0.3) is 5.56 Å². The molecule has 4 rings (SSSR count). The molecule has 2 aliphatic rings. The number of pyridine rings is 1. The monoisotopic (exact) mass is 316 g/mol. The van der Waals surface area contributed by atoms with E-state index in [1.54, 1.807) is 6.20 Å². The summed E-state index contributed by atoms with van der Waals surface area (Å²) in [5.41, 5.74) is 2.98. The van der Waals surface area contributed by atoms with Crippen LogP contribution in [0.25, 0.3) is 0 Å². The molecule has 0 bridgehead atoms. The van der Waals surface area contributed by atoms with Gasteiger partial charge in [0.1, 0.15) is 11.0 Å². The minimum atomic E-state index is 0.0553. The molecule has 1 fully saturated rings. The molecular weight excluding hydrogens is 300 g/mol. The third kappa shape index (κ3) is 2.78. The second kappa shape index (κ2) is 5.48. The first-order valence-corrected chi connectivity index (χ1v) is 8.01. The van der Waals surface area contributed by atoms with Gasteiger partial charge in [0.05, 0.1) is 5.69 Å². The number of aromatic nitrogens is 3. The van der Waals surface area contributed by atoms with E-state index in [4.69, 9.17) is 16.6 Å². The first-order valence-electron chi connectivity index (χ1n) is 7.64. The van der Waals surface area contributed by atoms with Gasteiger partial charge in [0, 0.05) is 37.3 Å². The van der Waals surface area contributed by atoms with E-state index in [1.807, 2.05) is 12.1 Å². The zero-order valence-electron chi connectivity index (χ0n) is 12.2. The Morgan fingerprint density at radius 3 is 2.95 bits per heavy atom. The Morgan fingerprint density at radius 2 is 2.23 bits per heavy atom. The third-order valence-electron chi connectivity index (χ3n) is 4.33. The van der Waals surface area contributed by atoms with Crippen molar-refractivity contribution >= 4 is 11.6 Å². The fourth-order valence-electron chi connectivity index (χ4n) is 2.96. The third-order valence-corrected chi connectivity index (χ3v) is 4.55. The van der Waals surface area contributed by atoms with Crippen molar-refractivity contribution < 1.29 is 0 Å². The standard InChI is InChI=1S/C16H17ClN4O/c17-14-4-1-10(7-18-14)8-21-6-5-12-13(9-21)19-15(11-2-3-11)20-16(12)22/h1,4,7,11H,2-3,5-6,8-9H2,(H,19,20,22). The summed E-state index contributed by atoms with van der Waals surface area (Å²) in [5, 5.41) is 0.509. The van der Waals surface area contributed by atoms with Crippen LogP contribution in [0, 0.1) is 0 Å². The van der Waals surface area contributed by atoms with E-state index in [9.17, 15) is 4.79 Å². The molecule has 2 aromatic rings. The quantitative estimate of drug-likeness (QED) is 0.882. The number of aromatic amines is 1. The number of nitrogens with one attached hydrogen (secondary N) is 1. The van der Waals surface area contributed by atoms with E-state index in [-0.39, 0.29) is 5.56 Å². The van der Waals surface area contributed by atoms with E-state index < -0.39 is 0 Å². The summed E-state index contributed by atoms with van der Waals surface area (Å²) in [6.07, 6.45) is 4.84. The lowest BCUT2D eigenvalue weighted by atomic mass is 10.1. The van der Waals surface area contributed by atoms with Crippen LogP contribution in [-0.4, -0.2) is 26.4 Å². The van der Waals surface area contributed by atoms with Gasteiger partial charge >= 0.3 is 0 Å². The molecule has 0 saturated heterocycles.